The Morgan fingerprint density at radius 1 is 0.661 bits per heavy atom. The number of carboxylic acid groups (broad SMARTS) is 1. The van der Waals surface area contributed by atoms with Crippen LogP contribution in [0.3, 0.4) is 0 Å². The summed E-state index contributed by atoms with van der Waals surface area (Å²) in [6.45, 7) is 13.4. The molecule has 0 aliphatic rings. The van der Waals surface area contributed by atoms with Crippen molar-refractivity contribution in [3.05, 3.63) is 113 Å². The number of ketones is 2. The number of para-hydroxylation sites is 3. The SMILES string of the molecule is CC.CC.CC.CC(=O)CC(=O)CCl.COC.COC.COC.O=C(O)Cc1coc2ccccc12.O=c1cc(CCl)c2ccccc2o1.Oc1ccccc1. The smallest absolute Gasteiger partial charge is 0.336 e. The van der Waals surface area contributed by atoms with E-state index < -0.39 is 5.97 Å². The minimum atomic E-state index is -0.841. The predicted molar refractivity (Wildman–Crippen MR) is 232 cm³/mol. The number of phenolic OH excluding ortho intramolecular Hbond substituents is 1. The third-order valence-corrected chi connectivity index (χ3v) is 5.72. The molecule has 0 atom stereocenters. The Morgan fingerprint density at radius 2 is 1.07 bits per heavy atom. The second-order valence-corrected chi connectivity index (χ2v) is 10.2. The fourth-order valence-corrected chi connectivity index (χ4v) is 3.69. The van der Waals surface area contributed by atoms with Gasteiger partial charge in [0.2, 0.25) is 0 Å². The highest BCUT2D eigenvalue weighted by atomic mass is 35.5. The predicted octanol–water partition coefficient (Wildman–Crippen LogP) is 10.6. The molecule has 5 rings (SSSR count). The molecule has 0 aliphatic heterocycles. The van der Waals surface area contributed by atoms with Crippen molar-refractivity contribution in [2.75, 3.05) is 48.5 Å². The van der Waals surface area contributed by atoms with E-state index in [2.05, 4.69) is 14.2 Å². The maximum atomic E-state index is 11.0. The fraction of sp³-hybridized carbons (Fsp3) is 0.395. The molecule has 2 heterocycles. The van der Waals surface area contributed by atoms with Gasteiger partial charge in [0.15, 0.2) is 5.78 Å². The van der Waals surface area contributed by atoms with Crippen LogP contribution in [0.25, 0.3) is 21.9 Å². The van der Waals surface area contributed by atoms with Crippen molar-refractivity contribution in [1.29, 1.82) is 0 Å². The van der Waals surface area contributed by atoms with Gasteiger partial charge in [-0.25, -0.2) is 4.79 Å². The first-order chi connectivity index (χ1) is 26.9. The molecule has 3 aromatic carbocycles. The van der Waals surface area contributed by atoms with Crippen LogP contribution in [0.4, 0.5) is 0 Å². The van der Waals surface area contributed by atoms with E-state index in [1.807, 2.05) is 90.1 Å². The monoisotopic (exact) mass is 826 g/mol. The van der Waals surface area contributed by atoms with Gasteiger partial charge in [0.05, 0.1) is 25.0 Å². The van der Waals surface area contributed by atoms with E-state index in [1.165, 1.54) is 19.3 Å². The van der Waals surface area contributed by atoms with E-state index in [9.17, 15) is 19.2 Å². The molecule has 5 aromatic rings. The maximum Gasteiger partial charge on any atom is 0.336 e. The molecule has 0 fully saturated rings. The molecule has 0 amide bonds. The average molecular weight is 828 g/mol. The topological polar surface area (TPSA) is 163 Å². The number of rotatable bonds is 6. The first kappa shape index (κ1) is 60.7. The van der Waals surface area contributed by atoms with Gasteiger partial charge in [0.1, 0.15) is 22.7 Å². The molecule has 0 radical (unpaired) electrons. The summed E-state index contributed by atoms with van der Waals surface area (Å²) in [5.41, 5.74) is 2.51. The van der Waals surface area contributed by atoms with Crippen molar-refractivity contribution in [2.45, 2.75) is 67.2 Å². The van der Waals surface area contributed by atoms with Gasteiger partial charge in [-0.15, -0.1) is 23.2 Å². The largest absolute Gasteiger partial charge is 0.508 e. The number of hydrogen-bond acceptors (Lipinski definition) is 10. The number of carbonyl (C=O) groups excluding carboxylic acids is 2. The van der Waals surface area contributed by atoms with Gasteiger partial charge in [-0.05, 0) is 36.8 Å². The quantitative estimate of drug-likeness (QED) is 0.0951. The normalized spacial score (nSPS) is 8.48. The van der Waals surface area contributed by atoms with Crippen LogP contribution in [-0.4, -0.2) is 76.3 Å². The van der Waals surface area contributed by atoms with Crippen LogP contribution in [0, 0.1) is 0 Å². The van der Waals surface area contributed by atoms with Crippen molar-refractivity contribution < 1.29 is 47.6 Å². The van der Waals surface area contributed by atoms with E-state index in [1.54, 1.807) is 73.0 Å². The van der Waals surface area contributed by atoms with E-state index >= 15 is 0 Å². The van der Waals surface area contributed by atoms with Crippen molar-refractivity contribution in [2.24, 2.45) is 0 Å². The summed E-state index contributed by atoms with van der Waals surface area (Å²) in [5, 5.41) is 19.0. The summed E-state index contributed by atoms with van der Waals surface area (Å²) in [7, 11) is 9.75. The number of carbonyl (C=O) groups is 3. The number of carboxylic acids is 1. The molecule has 0 saturated carbocycles. The third-order valence-electron chi connectivity index (χ3n) is 5.13. The molecule has 2 N–H and O–H groups in total. The third kappa shape index (κ3) is 34.0. The molecule has 0 aliphatic carbocycles. The lowest BCUT2D eigenvalue weighted by Crippen LogP contribution is -2.04. The zero-order chi connectivity index (χ0) is 44.3. The standard InChI is InChI=1S/C10H7ClO2.C10H8O3.C6H6O.C5H7ClO2.3C2H6O.3C2H6/c11-6-7-5-10(12)13-9-4-2-1-3-8(7)9;11-10(12)5-7-6-13-9-4-2-1-3-8(7)9;7-6-4-2-1-3-5-6;1-4(7)2-5(8)3-6;3*1-3-2;3*1-2/h1-5H,6H2;1-4,6H,5H2,(H,11,12);1-5,7H;2-3H2,1H3;3*1-2H3;3*1-2H3. The molecule has 13 heteroatoms. The highest BCUT2D eigenvalue weighted by Crippen LogP contribution is 2.21. The Labute approximate surface area is 343 Å². The number of aliphatic carboxylic acids is 1. The summed E-state index contributed by atoms with van der Waals surface area (Å²) < 4.78 is 22.9. The van der Waals surface area contributed by atoms with Gasteiger partial charge < -0.3 is 33.3 Å². The van der Waals surface area contributed by atoms with E-state index in [4.69, 9.17) is 42.2 Å². The van der Waals surface area contributed by atoms with Crippen LogP contribution < -0.4 is 5.63 Å². The van der Waals surface area contributed by atoms with Gasteiger partial charge in [0.25, 0.3) is 0 Å². The molecule has 56 heavy (non-hydrogen) atoms. The van der Waals surface area contributed by atoms with Crippen molar-refractivity contribution in [3.63, 3.8) is 0 Å². The molecular formula is C43H64Cl2O11. The van der Waals surface area contributed by atoms with E-state index in [-0.39, 0.29) is 35.9 Å². The Balaban J connectivity index is -0.000000188. The van der Waals surface area contributed by atoms with E-state index in [0.29, 0.717) is 17.2 Å². The highest BCUT2D eigenvalue weighted by molar-refractivity contribution is 6.29. The number of fused-ring (bicyclic) bond motifs is 2. The van der Waals surface area contributed by atoms with Crippen LogP contribution in [-0.2, 0) is 40.9 Å². The first-order valence-electron chi connectivity index (χ1n) is 17.6. The summed E-state index contributed by atoms with van der Waals surface area (Å²) in [4.78, 5) is 41.9. The number of phenols is 1. The van der Waals surface area contributed by atoms with Crippen molar-refractivity contribution in [3.8, 4) is 5.75 Å². The zero-order valence-corrected chi connectivity index (χ0v) is 36.8. The summed E-state index contributed by atoms with van der Waals surface area (Å²) in [6, 6.07) is 24.9. The average Bonchev–Trinajstić information content (AvgIpc) is 3.60. The first-order valence-corrected chi connectivity index (χ1v) is 18.7. The van der Waals surface area contributed by atoms with Crippen molar-refractivity contribution >= 4 is 62.7 Å². The van der Waals surface area contributed by atoms with Gasteiger partial charge in [-0.1, -0.05) is 96.1 Å². The number of alkyl halides is 2. The number of hydrogen-bond donors (Lipinski definition) is 2. The van der Waals surface area contributed by atoms with Crippen LogP contribution in [0.1, 0.15) is 66.0 Å². The molecule has 0 unspecified atom stereocenters. The Hall–Kier alpha value is -4.52. The van der Waals surface area contributed by atoms with Crippen LogP contribution in [0.15, 0.2) is 105 Å². The molecule has 11 nitrogen and oxygen atoms in total. The van der Waals surface area contributed by atoms with Gasteiger partial charge in [0, 0.05) is 70.9 Å². The Kier molecular flexibility index (Phi) is 48.7. The summed E-state index contributed by atoms with van der Waals surface area (Å²) in [5.74, 6) is -0.588. The lowest BCUT2D eigenvalue weighted by atomic mass is 10.1. The second kappa shape index (κ2) is 44.9. The number of furan rings is 1. The summed E-state index contributed by atoms with van der Waals surface area (Å²) in [6.07, 6.45) is 1.49. The lowest BCUT2D eigenvalue weighted by Gasteiger charge is -1.99. The Bertz CT molecular complexity index is 1680. The van der Waals surface area contributed by atoms with Gasteiger partial charge in [-0.2, -0.15) is 0 Å². The fourth-order valence-electron chi connectivity index (χ4n) is 3.37. The number of aromatic hydroxyl groups is 1. The lowest BCUT2D eigenvalue weighted by molar-refractivity contribution is -0.136. The number of benzene rings is 3. The minimum Gasteiger partial charge on any atom is -0.508 e. The second-order valence-electron chi connectivity index (χ2n) is 9.66. The van der Waals surface area contributed by atoms with Crippen molar-refractivity contribution in [1.82, 2.24) is 0 Å². The zero-order valence-electron chi connectivity index (χ0n) is 35.3. The molecular weight excluding hydrogens is 763 g/mol. The Morgan fingerprint density at radius 3 is 1.43 bits per heavy atom. The molecule has 0 spiro atoms. The molecule has 0 saturated heterocycles. The van der Waals surface area contributed by atoms with E-state index in [0.717, 1.165) is 27.5 Å². The maximum absolute atomic E-state index is 11.0. The number of methoxy groups -OCH3 is 3. The highest BCUT2D eigenvalue weighted by Gasteiger charge is 2.08. The van der Waals surface area contributed by atoms with Crippen LogP contribution in [0.5, 0.6) is 5.75 Å². The molecule has 316 valence electrons. The number of halogens is 2. The minimum absolute atomic E-state index is 0.0109. The molecule has 2 aromatic heterocycles. The van der Waals surface area contributed by atoms with Gasteiger partial charge in [-0.3, -0.25) is 14.4 Å². The van der Waals surface area contributed by atoms with Crippen LogP contribution in [0.2, 0.25) is 0 Å². The molecule has 0 bridgehead atoms. The number of Topliss-reactive ketones (excluding diaryl/α,β-unsaturated/α-hetero) is 2. The number of ether oxygens (including phenoxy) is 3. The van der Waals surface area contributed by atoms with Gasteiger partial charge >= 0.3 is 11.6 Å². The summed E-state index contributed by atoms with van der Waals surface area (Å²) >= 11 is 10.8. The van der Waals surface area contributed by atoms with Crippen LogP contribution >= 0.6 is 23.2 Å².